The lowest BCUT2D eigenvalue weighted by molar-refractivity contribution is -0.126. The van der Waals surface area contributed by atoms with Crippen LogP contribution in [0, 0.1) is 5.92 Å². The Morgan fingerprint density at radius 2 is 1.62 bits per heavy atom. The Kier molecular flexibility index (Phi) is 8.47. The average molecular weight is 506 g/mol. The first kappa shape index (κ1) is 25.0. The Morgan fingerprint density at radius 1 is 0.971 bits per heavy atom. The summed E-state index contributed by atoms with van der Waals surface area (Å²) in [6, 6.07) is 14.4. The molecular formula is C25H32ClN3O4S. The molecule has 4 rings (SSSR count). The lowest BCUT2D eigenvalue weighted by Crippen LogP contribution is -2.41. The van der Waals surface area contributed by atoms with Crippen molar-refractivity contribution >= 4 is 27.5 Å². The van der Waals surface area contributed by atoms with Gasteiger partial charge in [0.05, 0.1) is 11.4 Å². The molecule has 0 aromatic heterocycles. The van der Waals surface area contributed by atoms with Gasteiger partial charge >= 0.3 is 0 Å². The molecule has 2 aromatic rings. The summed E-state index contributed by atoms with van der Waals surface area (Å²) in [5.41, 5.74) is 1.23. The zero-order valence-corrected chi connectivity index (χ0v) is 20.9. The molecule has 0 aliphatic carbocycles. The first-order chi connectivity index (χ1) is 16.4. The third-order valence-corrected chi connectivity index (χ3v) is 8.64. The first-order valence-electron chi connectivity index (χ1n) is 11.9. The third kappa shape index (κ3) is 6.50. The van der Waals surface area contributed by atoms with Crippen molar-refractivity contribution in [2.24, 2.45) is 5.92 Å². The van der Waals surface area contributed by atoms with Gasteiger partial charge in [-0.05, 0) is 80.7 Å². The van der Waals surface area contributed by atoms with Crippen molar-refractivity contribution in [3.05, 3.63) is 59.1 Å². The standard InChI is InChI=1S/C25H32ClN3O4S/c26-22-5-3-20(4-6-22)19-28-16-11-21(12-17-28)25(30)27-13-18-33-23-7-9-24(10-8-23)34(31,32)29-14-1-2-15-29/h3-10,21H,1-2,11-19H2,(H,27,30). The molecule has 34 heavy (non-hydrogen) atoms. The van der Waals surface area contributed by atoms with E-state index < -0.39 is 10.0 Å². The van der Waals surface area contributed by atoms with E-state index in [0.29, 0.717) is 32.0 Å². The van der Waals surface area contributed by atoms with E-state index in [-0.39, 0.29) is 16.7 Å². The highest BCUT2D eigenvalue weighted by Gasteiger charge is 2.27. The van der Waals surface area contributed by atoms with Gasteiger partial charge in [0.2, 0.25) is 15.9 Å². The van der Waals surface area contributed by atoms with Crippen molar-refractivity contribution in [1.82, 2.24) is 14.5 Å². The zero-order chi connectivity index (χ0) is 24.0. The van der Waals surface area contributed by atoms with Crippen molar-refractivity contribution in [2.45, 2.75) is 37.1 Å². The number of hydrogen-bond acceptors (Lipinski definition) is 5. The van der Waals surface area contributed by atoms with Gasteiger partial charge in [0, 0.05) is 30.6 Å². The summed E-state index contributed by atoms with van der Waals surface area (Å²) in [5.74, 6) is 0.684. The topological polar surface area (TPSA) is 78.9 Å². The van der Waals surface area contributed by atoms with Crippen LogP contribution in [0.25, 0.3) is 0 Å². The number of nitrogens with one attached hydrogen (secondary N) is 1. The molecule has 2 aliphatic heterocycles. The summed E-state index contributed by atoms with van der Waals surface area (Å²) in [5, 5.41) is 3.71. The Balaban J connectivity index is 1.14. The molecule has 0 atom stereocenters. The van der Waals surface area contributed by atoms with Crippen LogP contribution in [0.1, 0.15) is 31.2 Å². The molecule has 7 nitrogen and oxygen atoms in total. The average Bonchev–Trinajstić information content (AvgIpc) is 3.40. The molecule has 0 radical (unpaired) electrons. The SMILES string of the molecule is O=C(NCCOc1ccc(S(=O)(=O)N2CCCC2)cc1)C1CCN(Cc2ccc(Cl)cc2)CC1. The minimum atomic E-state index is -3.42. The van der Waals surface area contributed by atoms with Crippen molar-refractivity contribution in [3.63, 3.8) is 0 Å². The number of hydrogen-bond donors (Lipinski definition) is 1. The van der Waals surface area contributed by atoms with Crippen LogP contribution < -0.4 is 10.1 Å². The molecular weight excluding hydrogens is 474 g/mol. The van der Waals surface area contributed by atoms with Gasteiger partial charge in [0.15, 0.2) is 0 Å². The van der Waals surface area contributed by atoms with E-state index in [1.165, 1.54) is 9.87 Å². The number of benzene rings is 2. The van der Waals surface area contributed by atoms with Crippen LogP contribution in [0.4, 0.5) is 0 Å². The Bertz CT molecular complexity index is 1050. The third-order valence-electron chi connectivity index (χ3n) is 6.47. The predicted octanol–water partition coefficient (Wildman–Crippen LogP) is 3.53. The number of halogens is 1. The minimum Gasteiger partial charge on any atom is -0.492 e. The number of carbonyl (C=O) groups is 1. The van der Waals surface area contributed by atoms with E-state index in [1.54, 1.807) is 24.3 Å². The number of rotatable bonds is 9. The van der Waals surface area contributed by atoms with Crippen LogP contribution in [0.5, 0.6) is 5.75 Å². The molecule has 0 unspecified atom stereocenters. The summed E-state index contributed by atoms with van der Waals surface area (Å²) in [4.78, 5) is 15.2. The maximum absolute atomic E-state index is 12.6. The highest BCUT2D eigenvalue weighted by atomic mass is 35.5. The summed E-state index contributed by atoms with van der Waals surface area (Å²) < 4.78 is 32.4. The van der Waals surface area contributed by atoms with Crippen LogP contribution in [0.2, 0.25) is 5.02 Å². The van der Waals surface area contributed by atoms with Crippen molar-refractivity contribution in [3.8, 4) is 5.75 Å². The fraction of sp³-hybridized carbons (Fsp3) is 0.480. The van der Waals surface area contributed by atoms with Crippen LogP contribution in [-0.4, -0.2) is 62.9 Å². The van der Waals surface area contributed by atoms with Gasteiger partial charge in [-0.2, -0.15) is 4.31 Å². The van der Waals surface area contributed by atoms with E-state index in [0.717, 1.165) is 50.3 Å². The second-order valence-electron chi connectivity index (χ2n) is 8.90. The van der Waals surface area contributed by atoms with Gasteiger partial charge < -0.3 is 10.1 Å². The van der Waals surface area contributed by atoms with Gasteiger partial charge in [-0.25, -0.2) is 8.42 Å². The largest absolute Gasteiger partial charge is 0.492 e. The molecule has 1 N–H and O–H groups in total. The Hall–Kier alpha value is -2.13. The van der Waals surface area contributed by atoms with E-state index in [9.17, 15) is 13.2 Å². The van der Waals surface area contributed by atoms with E-state index in [1.807, 2.05) is 24.3 Å². The fourth-order valence-electron chi connectivity index (χ4n) is 4.47. The summed E-state index contributed by atoms with van der Waals surface area (Å²) in [6.45, 7) is 4.58. The molecule has 0 bridgehead atoms. The number of piperidine rings is 1. The van der Waals surface area contributed by atoms with Crippen molar-refractivity contribution in [1.29, 1.82) is 0 Å². The minimum absolute atomic E-state index is 0.0246. The van der Waals surface area contributed by atoms with Gasteiger partial charge in [-0.1, -0.05) is 23.7 Å². The molecule has 0 saturated carbocycles. The predicted molar refractivity (Wildman–Crippen MR) is 132 cm³/mol. The number of sulfonamides is 1. The molecule has 0 spiro atoms. The number of nitrogens with zero attached hydrogens (tertiary/aromatic N) is 2. The Labute approximate surface area is 207 Å². The van der Waals surface area contributed by atoms with Crippen LogP contribution in [-0.2, 0) is 21.4 Å². The molecule has 184 valence electrons. The molecule has 2 aliphatic rings. The first-order valence-corrected chi connectivity index (χ1v) is 13.7. The fourth-order valence-corrected chi connectivity index (χ4v) is 6.12. The maximum atomic E-state index is 12.6. The lowest BCUT2D eigenvalue weighted by Gasteiger charge is -2.31. The number of ether oxygens (including phenoxy) is 1. The lowest BCUT2D eigenvalue weighted by atomic mass is 9.95. The molecule has 2 saturated heterocycles. The second kappa shape index (κ2) is 11.5. The maximum Gasteiger partial charge on any atom is 0.243 e. The van der Waals surface area contributed by atoms with Gasteiger partial charge in [-0.3, -0.25) is 9.69 Å². The molecule has 2 fully saturated rings. The molecule has 2 aromatic carbocycles. The normalized spacial score (nSPS) is 18.1. The highest BCUT2D eigenvalue weighted by molar-refractivity contribution is 7.89. The van der Waals surface area contributed by atoms with Gasteiger partial charge in [0.1, 0.15) is 12.4 Å². The summed E-state index contributed by atoms with van der Waals surface area (Å²) >= 11 is 5.95. The van der Waals surface area contributed by atoms with Gasteiger partial charge in [0.25, 0.3) is 0 Å². The van der Waals surface area contributed by atoms with E-state index >= 15 is 0 Å². The van der Waals surface area contributed by atoms with E-state index in [4.69, 9.17) is 16.3 Å². The van der Waals surface area contributed by atoms with Crippen molar-refractivity contribution in [2.75, 3.05) is 39.3 Å². The zero-order valence-electron chi connectivity index (χ0n) is 19.3. The van der Waals surface area contributed by atoms with E-state index in [2.05, 4.69) is 10.2 Å². The monoisotopic (exact) mass is 505 g/mol. The molecule has 2 heterocycles. The van der Waals surface area contributed by atoms with Crippen LogP contribution in [0.3, 0.4) is 0 Å². The van der Waals surface area contributed by atoms with Crippen molar-refractivity contribution < 1.29 is 17.9 Å². The summed E-state index contributed by atoms with van der Waals surface area (Å²) in [6.07, 6.45) is 3.50. The smallest absolute Gasteiger partial charge is 0.243 e. The number of amides is 1. The van der Waals surface area contributed by atoms with Gasteiger partial charge in [-0.15, -0.1) is 0 Å². The second-order valence-corrected chi connectivity index (χ2v) is 11.3. The van der Waals surface area contributed by atoms with Crippen LogP contribution in [0.15, 0.2) is 53.4 Å². The molecule has 9 heteroatoms. The quantitative estimate of drug-likeness (QED) is 0.527. The molecule has 1 amide bonds. The summed E-state index contributed by atoms with van der Waals surface area (Å²) in [7, 11) is -3.42. The highest BCUT2D eigenvalue weighted by Crippen LogP contribution is 2.23. The number of carbonyl (C=O) groups excluding carboxylic acids is 1. The number of likely N-dealkylation sites (tertiary alicyclic amines) is 1. The Morgan fingerprint density at radius 3 is 2.26 bits per heavy atom. The van der Waals surface area contributed by atoms with Crippen LogP contribution >= 0.6 is 11.6 Å².